The molecule has 40 valence electrons. The first-order valence-electron chi connectivity index (χ1n) is 2.26. The molecule has 0 radical (unpaired) electrons. The van der Waals surface area contributed by atoms with E-state index >= 15 is 0 Å². The van der Waals surface area contributed by atoms with E-state index in [0.29, 0.717) is 0 Å². The zero-order valence-electron chi connectivity index (χ0n) is 4.97. The molecular weight excluding hydrogens is 88.1 g/mol. The van der Waals surface area contributed by atoms with Gasteiger partial charge in [0.1, 0.15) is 0 Å². The van der Waals surface area contributed by atoms with Crippen LogP contribution in [0.15, 0.2) is 10.2 Å². The molecule has 0 saturated carbocycles. The standard InChI is InChI=1S/C5H10N2/c1-4-6-7-5(2)3/h4H,1-3H3/b6-4+. The van der Waals surface area contributed by atoms with Crippen molar-refractivity contribution >= 4 is 11.9 Å². The second kappa shape index (κ2) is 3.53. The predicted molar refractivity (Wildman–Crippen MR) is 32.9 cm³/mol. The largest absolute Gasteiger partial charge is 0.164 e. The first-order chi connectivity index (χ1) is 3.27. The molecule has 7 heavy (non-hydrogen) atoms. The maximum absolute atomic E-state index is 3.73. The lowest BCUT2D eigenvalue weighted by Gasteiger charge is -1.77. The Kier molecular flexibility index (Phi) is 3.19. The van der Waals surface area contributed by atoms with E-state index in [9.17, 15) is 0 Å². The summed E-state index contributed by atoms with van der Waals surface area (Å²) < 4.78 is 0. The molecule has 0 aliphatic rings. The van der Waals surface area contributed by atoms with Crippen LogP contribution in [0.5, 0.6) is 0 Å². The molecule has 0 unspecified atom stereocenters. The van der Waals surface area contributed by atoms with Crippen LogP contribution >= 0.6 is 0 Å². The van der Waals surface area contributed by atoms with Crippen molar-refractivity contribution < 1.29 is 0 Å². The molecule has 0 atom stereocenters. The van der Waals surface area contributed by atoms with Crippen molar-refractivity contribution in [2.45, 2.75) is 20.8 Å². The van der Waals surface area contributed by atoms with Gasteiger partial charge < -0.3 is 0 Å². The lowest BCUT2D eigenvalue weighted by molar-refractivity contribution is 1.23. The van der Waals surface area contributed by atoms with E-state index in [1.165, 1.54) is 0 Å². The highest BCUT2D eigenvalue weighted by atomic mass is 15.2. The SMILES string of the molecule is C/C=N/N=C(C)C. The third kappa shape index (κ3) is 5.34. The number of nitrogens with zero attached hydrogens (tertiary/aromatic N) is 2. The topological polar surface area (TPSA) is 24.7 Å². The molecule has 0 aromatic carbocycles. The molecular formula is C5H10N2. The van der Waals surface area contributed by atoms with E-state index in [2.05, 4.69) is 10.2 Å². The van der Waals surface area contributed by atoms with Crippen LogP contribution in [0.1, 0.15) is 20.8 Å². The Balaban J connectivity index is 3.46. The minimum Gasteiger partial charge on any atom is -0.164 e. The Labute approximate surface area is 44.0 Å². The third-order valence-electron chi connectivity index (χ3n) is 0.373. The van der Waals surface area contributed by atoms with Crippen LogP contribution < -0.4 is 0 Å². The van der Waals surface area contributed by atoms with Gasteiger partial charge in [-0.15, -0.1) is 0 Å². The van der Waals surface area contributed by atoms with Gasteiger partial charge in [0.25, 0.3) is 0 Å². The smallest absolute Gasteiger partial charge is 0.0344 e. The van der Waals surface area contributed by atoms with Crippen molar-refractivity contribution in [3.63, 3.8) is 0 Å². The molecule has 0 amide bonds. The minimum atomic E-state index is 0.984. The van der Waals surface area contributed by atoms with Crippen LogP contribution in [-0.4, -0.2) is 11.9 Å². The van der Waals surface area contributed by atoms with Gasteiger partial charge in [-0.25, -0.2) is 0 Å². The third-order valence-corrected chi connectivity index (χ3v) is 0.373. The van der Waals surface area contributed by atoms with Gasteiger partial charge in [0.15, 0.2) is 0 Å². The molecule has 0 bridgehead atoms. The summed E-state index contributed by atoms with van der Waals surface area (Å²) in [4.78, 5) is 0. The van der Waals surface area contributed by atoms with Crippen molar-refractivity contribution in [1.82, 2.24) is 0 Å². The van der Waals surface area contributed by atoms with Crippen molar-refractivity contribution in [3.05, 3.63) is 0 Å². The Bertz CT molecular complexity index is 88.3. The van der Waals surface area contributed by atoms with Gasteiger partial charge in [0.2, 0.25) is 0 Å². The fourth-order valence-corrected chi connectivity index (χ4v) is 0.173. The highest BCUT2D eigenvalue weighted by Gasteiger charge is 1.67. The summed E-state index contributed by atoms with van der Waals surface area (Å²) in [6.45, 7) is 5.66. The van der Waals surface area contributed by atoms with Crippen molar-refractivity contribution in [1.29, 1.82) is 0 Å². The zero-order chi connectivity index (χ0) is 5.70. The summed E-state index contributed by atoms with van der Waals surface area (Å²) in [6.07, 6.45) is 1.66. The van der Waals surface area contributed by atoms with Gasteiger partial charge >= 0.3 is 0 Å². The molecule has 0 aliphatic carbocycles. The Morgan fingerprint density at radius 1 is 1.43 bits per heavy atom. The summed E-state index contributed by atoms with van der Waals surface area (Å²) in [5.74, 6) is 0. The number of rotatable bonds is 1. The van der Waals surface area contributed by atoms with Crippen LogP contribution in [0, 0.1) is 0 Å². The average molecular weight is 98.1 g/mol. The Morgan fingerprint density at radius 2 is 2.00 bits per heavy atom. The molecule has 0 saturated heterocycles. The maximum Gasteiger partial charge on any atom is 0.0344 e. The molecule has 0 aliphatic heterocycles. The van der Waals surface area contributed by atoms with E-state index < -0.39 is 0 Å². The summed E-state index contributed by atoms with van der Waals surface area (Å²) in [7, 11) is 0. The Hall–Kier alpha value is -0.660. The van der Waals surface area contributed by atoms with Crippen molar-refractivity contribution in [3.8, 4) is 0 Å². The van der Waals surface area contributed by atoms with E-state index in [4.69, 9.17) is 0 Å². The summed E-state index contributed by atoms with van der Waals surface area (Å²) in [5, 5.41) is 7.36. The van der Waals surface area contributed by atoms with Gasteiger partial charge in [-0.1, -0.05) is 0 Å². The maximum atomic E-state index is 3.73. The van der Waals surface area contributed by atoms with E-state index in [-0.39, 0.29) is 0 Å². The number of hydrogen-bond acceptors (Lipinski definition) is 2. The van der Waals surface area contributed by atoms with Gasteiger partial charge in [-0.2, -0.15) is 10.2 Å². The van der Waals surface area contributed by atoms with E-state index in [1.54, 1.807) is 6.21 Å². The fraction of sp³-hybridized carbons (Fsp3) is 0.600. The normalized spacial score (nSPS) is 9.57. The zero-order valence-corrected chi connectivity index (χ0v) is 4.97. The van der Waals surface area contributed by atoms with Crippen LogP contribution in [-0.2, 0) is 0 Å². The summed E-state index contributed by atoms with van der Waals surface area (Å²) in [5.41, 5.74) is 0.984. The molecule has 0 N–H and O–H groups in total. The molecule has 2 nitrogen and oxygen atoms in total. The second-order valence-electron chi connectivity index (χ2n) is 1.42. The summed E-state index contributed by atoms with van der Waals surface area (Å²) in [6, 6.07) is 0. The van der Waals surface area contributed by atoms with Gasteiger partial charge in [0.05, 0.1) is 0 Å². The lowest BCUT2D eigenvalue weighted by Crippen LogP contribution is -1.75. The van der Waals surface area contributed by atoms with Crippen LogP contribution in [0.4, 0.5) is 0 Å². The molecule has 0 aromatic rings. The second-order valence-corrected chi connectivity index (χ2v) is 1.42. The highest BCUT2D eigenvalue weighted by molar-refractivity contribution is 5.79. The highest BCUT2D eigenvalue weighted by Crippen LogP contribution is 1.72. The molecule has 2 heteroatoms. The fourth-order valence-electron chi connectivity index (χ4n) is 0.173. The van der Waals surface area contributed by atoms with Gasteiger partial charge in [-0.3, -0.25) is 0 Å². The van der Waals surface area contributed by atoms with E-state index in [0.717, 1.165) is 5.71 Å². The molecule has 0 fully saturated rings. The minimum absolute atomic E-state index is 0.984. The van der Waals surface area contributed by atoms with Crippen LogP contribution in [0.25, 0.3) is 0 Å². The van der Waals surface area contributed by atoms with Crippen LogP contribution in [0.2, 0.25) is 0 Å². The van der Waals surface area contributed by atoms with Gasteiger partial charge in [-0.05, 0) is 20.8 Å². The Morgan fingerprint density at radius 3 is 2.14 bits per heavy atom. The monoisotopic (exact) mass is 98.1 g/mol. The number of hydrogen-bond donors (Lipinski definition) is 0. The molecule has 0 rings (SSSR count). The quantitative estimate of drug-likeness (QED) is 0.350. The first-order valence-corrected chi connectivity index (χ1v) is 2.26. The average Bonchev–Trinajstić information content (AvgIpc) is 1.61. The lowest BCUT2D eigenvalue weighted by atomic mass is 10.5. The van der Waals surface area contributed by atoms with E-state index in [1.807, 2.05) is 20.8 Å². The van der Waals surface area contributed by atoms with Gasteiger partial charge in [0, 0.05) is 11.9 Å². The van der Waals surface area contributed by atoms with Crippen molar-refractivity contribution in [2.75, 3.05) is 0 Å². The van der Waals surface area contributed by atoms with Crippen molar-refractivity contribution in [2.24, 2.45) is 10.2 Å². The molecule has 0 aromatic heterocycles. The molecule has 0 heterocycles. The first kappa shape index (κ1) is 6.34. The van der Waals surface area contributed by atoms with Crippen LogP contribution in [0.3, 0.4) is 0 Å². The summed E-state index contributed by atoms with van der Waals surface area (Å²) >= 11 is 0. The predicted octanol–water partition coefficient (Wildman–Crippen LogP) is 1.47. The molecule has 0 spiro atoms.